The van der Waals surface area contributed by atoms with Crippen molar-refractivity contribution in [3.05, 3.63) is 53.1 Å². The average Bonchev–Trinajstić information content (AvgIpc) is 3.02. The van der Waals surface area contributed by atoms with E-state index in [0.29, 0.717) is 16.7 Å². The number of nitrogens with zero attached hydrogens (tertiary/aromatic N) is 1. The van der Waals surface area contributed by atoms with Crippen molar-refractivity contribution in [2.24, 2.45) is 0 Å². The van der Waals surface area contributed by atoms with Gasteiger partial charge >= 0.3 is 0 Å². The van der Waals surface area contributed by atoms with E-state index in [1.165, 1.54) is 17.3 Å². The van der Waals surface area contributed by atoms with Crippen LogP contribution in [-0.2, 0) is 4.79 Å². The van der Waals surface area contributed by atoms with Gasteiger partial charge in [-0.2, -0.15) is 0 Å². The number of thiazole rings is 1. The van der Waals surface area contributed by atoms with Gasteiger partial charge in [-0.05, 0) is 42.2 Å². The van der Waals surface area contributed by atoms with Crippen molar-refractivity contribution in [2.45, 2.75) is 30.5 Å². The second kappa shape index (κ2) is 8.21. The molecule has 1 heterocycles. The van der Waals surface area contributed by atoms with Crippen LogP contribution in [0.5, 0.6) is 0 Å². The summed E-state index contributed by atoms with van der Waals surface area (Å²) in [5.41, 5.74) is 2.96. The smallest absolute Gasteiger partial charge is 0.234 e. The van der Waals surface area contributed by atoms with Crippen molar-refractivity contribution in [1.82, 2.24) is 4.98 Å². The van der Waals surface area contributed by atoms with Gasteiger partial charge in [0.05, 0.1) is 16.0 Å². The zero-order valence-electron chi connectivity index (χ0n) is 14.1. The number of thioether (sulfide) groups is 1. The summed E-state index contributed by atoms with van der Waals surface area (Å²) in [6, 6.07) is 13.7. The van der Waals surface area contributed by atoms with Crippen LogP contribution in [-0.4, -0.2) is 16.6 Å². The Hall–Kier alpha value is -1.56. The van der Waals surface area contributed by atoms with Gasteiger partial charge in [-0.15, -0.1) is 11.3 Å². The Bertz CT molecular complexity index is 894. The number of carbonyl (C=O) groups excluding carboxylic acids is 1. The quantitative estimate of drug-likeness (QED) is 0.510. The monoisotopic (exact) mass is 390 g/mol. The second-order valence-electron chi connectivity index (χ2n) is 5.83. The predicted molar refractivity (Wildman–Crippen MR) is 109 cm³/mol. The summed E-state index contributed by atoms with van der Waals surface area (Å²) >= 11 is 9.02. The third kappa shape index (κ3) is 4.54. The maximum atomic E-state index is 12.3. The Labute approximate surface area is 160 Å². The van der Waals surface area contributed by atoms with E-state index in [2.05, 4.69) is 30.2 Å². The molecule has 3 aromatic rings. The lowest BCUT2D eigenvalue weighted by molar-refractivity contribution is -0.113. The van der Waals surface area contributed by atoms with Crippen molar-refractivity contribution >= 4 is 56.5 Å². The van der Waals surface area contributed by atoms with Crippen LogP contribution in [0.3, 0.4) is 0 Å². The minimum absolute atomic E-state index is 0.0157. The van der Waals surface area contributed by atoms with Crippen LogP contribution >= 0.6 is 34.7 Å². The number of para-hydroxylation sites is 1. The van der Waals surface area contributed by atoms with E-state index in [-0.39, 0.29) is 5.91 Å². The first-order valence-electron chi connectivity index (χ1n) is 8.14. The molecule has 0 bridgehead atoms. The number of aromatic nitrogens is 1. The highest BCUT2D eigenvalue weighted by Gasteiger charge is 2.12. The Balaban J connectivity index is 1.65. The summed E-state index contributed by atoms with van der Waals surface area (Å²) in [7, 11) is 0. The van der Waals surface area contributed by atoms with Crippen LogP contribution in [0.25, 0.3) is 10.2 Å². The van der Waals surface area contributed by atoms with Gasteiger partial charge in [0.15, 0.2) is 4.34 Å². The van der Waals surface area contributed by atoms with Crippen molar-refractivity contribution in [1.29, 1.82) is 0 Å². The Kier molecular flexibility index (Phi) is 5.99. The molecule has 0 radical (unpaired) electrons. The molecule has 0 fully saturated rings. The Morgan fingerprint density at radius 3 is 2.92 bits per heavy atom. The van der Waals surface area contributed by atoms with Crippen LogP contribution in [0, 0.1) is 0 Å². The summed E-state index contributed by atoms with van der Waals surface area (Å²) < 4.78 is 1.96. The highest BCUT2D eigenvalue weighted by atomic mass is 35.5. The third-order valence-corrected chi connectivity index (χ3v) is 6.45. The lowest BCUT2D eigenvalue weighted by Gasteiger charge is -2.15. The van der Waals surface area contributed by atoms with Gasteiger partial charge in [0, 0.05) is 10.7 Å². The molecule has 0 spiro atoms. The molecular weight excluding hydrogens is 372 g/mol. The standard InChI is InChI=1S/C19H19ClN2OS2/c1-3-12(2)14-6-4-5-7-15(14)21-18(23)11-24-19-22-16-10-13(20)8-9-17(16)25-19/h4-10,12H,3,11H2,1-2H3,(H,21,23). The zero-order chi connectivity index (χ0) is 17.8. The molecule has 2 aromatic carbocycles. The number of carbonyl (C=O) groups is 1. The summed E-state index contributed by atoms with van der Waals surface area (Å²) in [5.74, 6) is 0.735. The van der Waals surface area contributed by atoms with E-state index in [9.17, 15) is 4.79 Å². The number of rotatable bonds is 6. The van der Waals surface area contributed by atoms with Crippen molar-refractivity contribution in [2.75, 3.05) is 11.1 Å². The van der Waals surface area contributed by atoms with Crippen LogP contribution in [0.1, 0.15) is 31.7 Å². The first kappa shape index (κ1) is 18.2. The molecule has 1 unspecified atom stereocenters. The fraction of sp³-hybridized carbons (Fsp3) is 0.263. The van der Waals surface area contributed by atoms with E-state index in [4.69, 9.17) is 11.6 Å². The second-order valence-corrected chi connectivity index (χ2v) is 8.51. The number of nitrogens with one attached hydrogen (secondary N) is 1. The van der Waals surface area contributed by atoms with E-state index in [1.807, 2.05) is 36.4 Å². The zero-order valence-corrected chi connectivity index (χ0v) is 16.5. The van der Waals surface area contributed by atoms with Gasteiger partial charge in [0.1, 0.15) is 0 Å². The van der Waals surface area contributed by atoms with Crippen LogP contribution in [0.2, 0.25) is 5.02 Å². The largest absolute Gasteiger partial charge is 0.325 e. The number of fused-ring (bicyclic) bond motifs is 1. The van der Waals surface area contributed by atoms with Crippen molar-refractivity contribution in [3.63, 3.8) is 0 Å². The summed E-state index contributed by atoms with van der Waals surface area (Å²) in [6.45, 7) is 4.32. The van der Waals surface area contributed by atoms with Crippen molar-refractivity contribution in [3.8, 4) is 0 Å². The normalized spacial score (nSPS) is 12.3. The fourth-order valence-corrected chi connectivity index (χ4v) is 4.53. The van der Waals surface area contributed by atoms with Crippen LogP contribution < -0.4 is 5.32 Å². The number of halogens is 1. The number of hydrogen-bond acceptors (Lipinski definition) is 4. The van der Waals surface area contributed by atoms with Crippen LogP contribution in [0.4, 0.5) is 5.69 Å². The molecule has 25 heavy (non-hydrogen) atoms. The number of benzene rings is 2. The van der Waals surface area contributed by atoms with E-state index in [0.717, 1.165) is 26.7 Å². The summed E-state index contributed by atoms with van der Waals surface area (Å²) in [5, 5.41) is 3.71. The molecule has 0 aliphatic rings. The Morgan fingerprint density at radius 2 is 2.12 bits per heavy atom. The van der Waals surface area contributed by atoms with Gasteiger partial charge in [-0.3, -0.25) is 4.79 Å². The van der Waals surface area contributed by atoms with Crippen LogP contribution in [0.15, 0.2) is 46.8 Å². The average molecular weight is 391 g/mol. The van der Waals surface area contributed by atoms with Gasteiger partial charge in [-0.25, -0.2) is 4.98 Å². The third-order valence-electron chi connectivity index (χ3n) is 4.03. The first-order chi connectivity index (χ1) is 12.1. The molecule has 1 N–H and O–H groups in total. The SMILES string of the molecule is CCC(C)c1ccccc1NC(=O)CSc1nc2cc(Cl)ccc2s1. The van der Waals surface area contributed by atoms with Gasteiger partial charge in [0.2, 0.25) is 5.91 Å². The molecule has 3 nitrogen and oxygen atoms in total. The summed E-state index contributed by atoms with van der Waals surface area (Å²) in [6.07, 6.45) is 1.04. The molecule has 3 rings (SSSR count). The van der Waals surface area contributed by atoms with E-state index in [1.54, 1.807) is 11.3 Å². The minimum Gasteiger partial charge on any atom is -0.325 e. The van der Waals surface area contributed by atoms with Gasteiger partial charge in [0.25, 0.3) is 0 Å². The first-order valence-corrected chi connectivity index (χ1v) is 10.3. The Morgan fingerprint density at radius 1 is 1.32 bits per heavy atom. The molecule has 6 heteroatoms. The van der Waals surface area contributed by atoms with Gasteiger partial charge in [-0.1, -0.05) is 55.4 Å². The maximum Gasteiger partial charge on any atom is 0.234 e. The van der Waals surface area contributed by atoms with Crippen molar-refractivity contribution < 1.29 is 4.79 Å². The number of amides is 1. The molecule has 0 aliphatic heterocycles. The van der Waals surface area contributed by atoms with E-state index < -0.39 is 0 Å². The molecule has 1 atom stereocenters. The lowest BCUT2D eigenvalue weighted by Crippen LogP contribution is -2.15. The summed E-state index contributed by atoms with van der Waals surface area (Å²) in [4.78, 5) is 16.9. The molecule has 0 saturated heterocycles. The number of hydrogen-bond donors (Lipinski definition) is 1. The molecule has 130 valence electrons. The highest BCUT2D eigenvalue weighted by Crippen LogP contribution is 2.31. The maximum absolute atomic E-state index is 12.3. The predicted octanol–water partition coefficient (Wildman–Crippen LogP) is 6.19. The molecule has 1 aromatic heterocycles. The lowest BCUT2D eigenvalue weighted by atomic mass is 9.97. The molecular formula is C19H19ClN2OS2. The minimum atomic E-state index is -0.0157. The topological polar surface area (TPSA) is 42.0 Å². The molecule has 0 saturated carbocycles. The fourth-order valence-electron chi connectivity index (χ4n) is 2.52. The highest BCUT2D eigenvalue weighted by molar-refractivity contribution is 8.01. The number of anilines is 1. The van der Waals surface area contributed by atoms with E-state index >= 15 is 0 Å². The molecule has 0 aliphatic carbocycles. The van der Waals surface area contributed by atoms with Gasteiger partial charge < -0.3 is 5.32 Å². The molecule has 1 amide bonds.